The van der Waals surface area contributed by atoms with Gasteiger partial charge < -0.3 is 36.6 Å². The maximum absolute atomic E-state index is 13.2. The van der Waals surface area contributed by atoms with Crippen LogP contribution in [0.5, 0.6) is 0 Å². The van der Waals surface area contributed by atoms with E-state index < -0.39 is 65.0 Å². The molecule has 0 aromatic carbocycles. The van der Waals surface area contributed by atoms with Crippen LogP contribution in [0.25, 0.3) is 0 Å². The molecule has 2 aliphatic rings. The van der Waals surface area contributed by atoms with Gasteiger partial charge in [-0.25, -0.2) is 19.9 Å². The van der Waals surface area contributed by atoms with Crippen molar-refractivity contribution in [3.8, 4) is 0 Å². The first-order valence-corrected chi connectivity index (χ1v) is 14.6. The lowest BCUT2D eigenvalue weighted by Crippen LogP contribution is -2.55. The number of rotatable bonds is 14. The molecule has 2 heterocycles. The molecule has 17 nitrogen and oxygen atoms in total. The molecule has 18 heteroatoms. The van der Waals surface area contributed by atoms with E-state index in [1.54, 1.807) is 19.3 Å². The lowest BCUT2D eigenvalue weighted by molar-refractivity contribution is -0.525. The minimum absolute atomic E-state index is 0. The number of guanidine groups is 1. The molecule has 250 valence electrons. The van der Waals surface area contributed by atoms with Crippen molar-refractivity contribution in [3.63, 3.8) is 0 Å². The van der Waals surface area contributed by atoms with Crippen molar-refractivity contribution in [1.29, 1.82) is 0 Å². The molecule has 4 atom stereocenters. The minimum Gasteiger partial charge on any atom is -0.461 e. The van der Waals surface area contributed by atoms with Crippen LogP contribution < -0.4 is 27.5 Å². The Bertz CT molecular complexity index is 1070. The van der Waals surface area contributed by atoms with E-state index in [1.807, 2.05) is 13.8 Å². The lowest BCUT2D eigenvalue weighted by Gasteiger charge is -2.29. The van der Waals surface area contributed by atoms with Crippen LogP contribution in [0.3, 0.4) is 0 Å². The van der Waals surface area contributed by atoms with Crippen LogP contribution in [0.2, 0.25) is 0 Å². The number of carbonyl (C=O) groups excluding carboxylic acids is 5. The highest BCUT2D eigenvalue weighted by Gasteiger charge is 2.39. The summed E-state index contributed by atoms with van der Waals surface area (Å²) in [6.45, 7) is 7.39. The zero-order valence-electron chi connectivity index (χ0n) is 25.7. The van der Waals surface area contributed by atoms with Gasteiger partial charge in [0, 0.05) is 19.6 Å². The fourth-order valence-electron chi connectivity index (χ4n) is 4.95. The summed E-state index contributed by atoms with van der Waals surface area (Å²) >= 11 is 0. The first kappa shape index (κ1) is 38.5. The summed E-state index contributed by atoms with van der Waals surface area (Å²) in [6.07, 6.45) is 1.94. The Balaban J connectivity index is 0.00000968. The first-order valence-electron chi connectivity index (χ1n) is 14.6. The molecule has 0 bridgehead atoms. The number of carbonyl (C=O) groups is 5. The maximum Gasteiger partial charge on any atom is 0.328 e. The molecule has 0 spiro atoms. The Morgan fingerprint density at radius 3 is 2.18 bits per heavy atom. The fourth-order valence-corrected chi connectivity index (χ4v) is 4.95. The molecular formula is C26H46BrN9O8. The molecular weight excluding hydrogens is 646 g/mol. The number of ether oxygens (including phenoxy) is 1. The zero-order valence-corrected chi connectivity index (χ0v) is 27.4. The molecule has 4 amide bonds. The van der Waals surface area contributed by atoms with Crippen molar-refractivity contribution in [2.75, 3.05) is 26.2 Å². The van der Waals surface area contributed by atoms with Crippen LogP contribution in [-0.2, 0) is 28.7 Å². The van der Waals surface area contributed by atoms with E-state index >= 15 is 0 Å². The predicted octanol–water partition coefficient (Wildman–Crippen LogP) is -1.04. The number of likely N-dealkylation sites (tertiary alicyclic amines) is 2. The van der Waals surface area contributed by atoms with Gasteiger partial charge in [0.05, 0.1) is 18.7 Å². The number of halogens is 1. The SMILES string of the molecule is Br.CC(C)OC(=O)[C@H](CCCN=C(N)N[N+](=O)[O-])NC(=O)[C@@H]1CCCN1C(=O)CNC(=O)[C@@H]1CCCN1C(=O)[C@@H](N)C(C)C. The quantitative estimate of drug-likeness (QED) is 0.0368. The maximum atomic E-state index is 13.2. The van der Waals surface area contributed by atoms with Crippen LogP contribution in [-0.4, -0.2) is 107 Å². The highest BCUT2D eigenvalue weighted by atomic mass is 79.9. The van der Waals surface area contributed by atoms with Gasteiger partial charge in [0.2, 0.25) is 23.6 Å². The molecule has 0 radical (unpaired) electrons. The van der Waals surface area contributed by atoms with E-state index in [0.29, 0.717) is 38.8 Å². The van der Waals surface area contributed by atoms with Gasteiger partial charge in [0.1, 0.15) is 18.1 Å². The van der Waals surface area contributed by atoms with Crippen molar-refractivity contribution < 1.29 is 33.7 Å². The van der Waals surface area contributed by atoms with E-state index in [9.17, 15) is 34.1 Å². The second kappa shape index (κ2) is 18.3. The van der Waals surface area contributed by atoms with Gasteiger partial charge in [-0.3, -0.25) is 19.2 Å². The smallest absolute Gasteiger partial charge is 0.328 e. The number of hydrogen-bond acceptors (Lipinski definition) is 10. The Hall–Kier alpha value is -3.54. The van der Waals surface area contributed by atoms with E-state index in [1.165, 1.54) is 9.80 Å². The summed E-state index contributed by atoms with van der Waals surface area (Å²) in [7, 11) is 0. The van der Waals surface area contributed by atoms with Gasteiger partial charge in [-0.2, -0.15) is 0 Å². The van der Waals surface area contributed by atoms with Crippen molar-refractivity contribution in [3.05, 3.63) is 10.1 Å². The van der Waals surface area contributed by atoms with Crippen molar-refractivity contribution in [2.45, 2.75) is 96.5 Å². The minimum atomic E-state index is -1.05. The third-order valence-electron chi connectivity index (χ3n) is 7.22. The number of nitrogens with two attached hydrogens (primary N) is 2. The summed E-state index contributed by atoms with van der Waals surface area (Å²) in [5.74, 6) is -2.92. The Morgan fingerprint density at radius 1 is 1.02 bits per heavy atom. The second-order valence-electron chi connectivity index (χ2n) is 11.2. The van der Waals surface area contributed by atoms with Gasteiger partial charge in [0.15, 0.2) is 5.03 Å². The number of amides is 4. The van der Waals surface area contributed by atoms with Gasteiger partial charge in [0.25, 0.3) is 5.96 Å². The molecule has 7 N–H and O–H groups in total. The first-order chi connectivity index (χ1) is 20.2. The standard InChI is InChI=1S/C26H45N9O8.BrH/c1-15(2)21(27)24(39)34-13-7-9-18(34)22(37)30-14-20(36)33-12-6-10-19(33)23(38)31-17(25(40)43-16(3)4)8-5-11-29-26(28)32-35(41)42;/h15-19,21H,5-14,27H2,1-4H3,(H,30,37)(H,31,38)(H3,28,29,32);1H/t17-,18-,19-,21-;/m0./s1. The number of esters is 1. The normalized spacial score (nSPS) is 19.7. The van der Waals surface area contributed by atoms with Gasteiger partial charge in [-0.15, -0.1) is 17.0 Å². The van der Waals surface area contributed by atoms with E-state index in [0.717, 1.165) is 0 Å². The zero-order chi connectivity index (χ0) is 32.3. The molecule has 0 saturated carbocycles. The van der Waals surface area contributed by atoms with Crippen molar-refractivity contribution >= 4 is 52.5 Å². The fraction of sp³-hybridized carbons (Fsp3) is 0.769. The van der Waals surface area contributed by atoms with Crippen LogP contribution in [0, 0.1) is 16.0 Å². The van der Waals surface area contributed by atoms with Crippen LogP contribution in [0.1, 0.15) is 66.2 Å². The molecule has 0 aromatic heterocycles. The van der Waals surface area contributed by atoms with Crippen molar-refractivity contribution in [1.82, 2.24) is 25.9 Å². The number of nitrogens with one attached hydrogen (secondary N) is 3. The number of hydrazine groups is 1. The van der Waals surface area contributed by atoms with Crippen molar-refractivity contribution in [2.24, 2.45) is 22.4 Å². The molecule has 0 aromatic rings. The average molecular weight is 693 g/mol. The van der Waals surface area contributed by atoms with Gasteiger partial charge >= 0.3 is 5.97 Å². The highest BCUT2D eigenvalue weighted by molar-refractivity contribution is 8.93. The van der Waals surface area contributed by atoms with Crippen LogP contribution >= 0.6 is 17.0 Å². The van der Waals surface area contributed by atoms with Crippen LogP contribution in [0.15, 0.2) is 4.99 Å². The number of nitro groups is 1. The topological polar surface area (TPSA) is 245 Å². The number of nitrogens with zero attached hydrogens (tertiary/aromatic N) is 4. The molecule has 0 unspecified atom stereocenters. The lowest BCUT2D eigenvalue weighted by atomic mass is 10.0. The predicted molar refractivity (Wildman–Crippen MR) is 165 cm³/mol. The molecule has 2 saturated heterocycles. The Morgan fingerprint density at radius 2 is 1.61 bits per heavy atom. The number of hydrogen-bond donors (Lipinski definition) is 5. The Labute approximate surface area is 267 Å². The summed E-state index contributed by atoms with van der Waals surface area (Å²) < 4.78 is 5.27. The van der Waals surface area contributed by atoms with Gasteiger partial charge in [-0.1, -0.05) is 19.3 Å². The highest BCUT2D eigenvalue weighted by Crippen LogP contribution is 2.21. The third kappa shape index (κ3) is 11.5. The third-order valence-corrected chi connectivity index (χ3v) is 7.22. The summed E-state index contributed by atoms with van der Waals surface area (Å²) in [6, 6.07) is -3.34. The Kier molecular flexibility index (Phi) is 16.0. The molecule has 44 heavy (non-hydrogen) atoms. The summed E-state index contributed by atoms with van der Waals surface area (Å²) in [5.41, 5.74) is 13.1. The second-order valence-corrected chi connectivity index (χ2v) is 11.2. The molecule has 0 aliphatic carbocycles. The molecule has 2 fully saturated rings. The van der Waals surface area contributed by atoms with E-state index in [-0.39, 0.29) is 54.7 Å². The van der Waals surface area contributed by atoms with Gasteiger partial charge in [-0.05, 0) is 58.3 Å². The summed E-state index contributed by atoms with van der Waals surface area (Å²) in [5, 5.41) is 14.9. The molecule has 2 rings (SSSR count). The van der Waals surface area contributed by atoms with E-state index in [4.69, 9.17) is 16.2 Å². The van der Waals surface area contributed by atoms with E-state index in [2.05, 4.69) is 15.6 Å². The average Bonchev–Trinajstić information content (AvgIpc) is 3.62. The number of aliphatic imine (C=N–C) groups is 1. The largest absolute Gasteiger partial charge is 0.461 e. The summed E-state index contributed by atoms with van der Waals surface area (Å²) in [4.78, 5) is 81.7. The van der Waals surface area contributed by atoms with Crippen LogP contribution in [0.4, 0.5) is 0 Å². The monoisotopic (exact) mass is 691 g/mol. The molecule has 2 aliphatic heterocycles.